The van der Waals surface area contributed by atoms with Gasteiger partial charge in [0.25, 0.3) is 0 Å². The number of carbonyl (C=O) groups is 2. The molecule has 1 aliphatic heterocycles. The highest BCUT2D eigenvalue weighted by atomic mass is 16.5. The largest absolute Gasteiger partial charge is 0.462 e. The van der Waals surface area contributed by atoms with Gasteiger partial charge in [0.1, 0.15) is 0 Å². The van der Waals surface area contributed by atoms with E-state index in [0.717, 1.165) is 18.5 Å². The van der Waals surface area contributed by atoms with Crippen molar-refractivity contribution in [2.24, 2.45) is 5.92 Å². The monoisotopic (exact) mass is 285 g/mol. The van der Waals surface area contributed by atoms with E-state index < -0.39 is 0 Å². The fourth-order valence-electron chi connectivity index (χ4n) is 2.24. The van der Waals surface area contributed by atoms with Gasteiger partial charge >= 0.3 is 5.97 Å². The molecule has 0 spiro atoms. The van der Waals surface area contributed by atoms with Crippen LogP contribution in [0, 0.1) is 18.3 Å². The first-order valence-corrected chi connectivity index (χ1v) is 7.19. The Balaban J connectivity index is 2.01. The highest BCUT2D eigenvalue weighted by Crippen LogP contribution is 2.25. The Kier molecular flexibility index (Phi) is 4.99. The predicted molar refractivity (Wildman–Crippen MR) is 80.9 cm³/mol. The van der Waals surface area contributed by atoms with E-state index in [0.29, 0.717) is 25.1 Å². The summed E-state index contributed by atoms with van der Waals surface area (Å²) in [5, 5.41) is 0. The van der Waals surface area contributed by atoms with Crippen molar-refractivity contribution in [2.45, 2.75) is 26.2 Å². The number of unbranched alkanes of at least 4 members (excludes halogenated alkanes) is 1. The highest BCUT2D eigenvalue weighted by molar-refractivity contribution is 5.97. The highest BCUT2D eigenvalue weighted by Gasteiger charge is 2.29. The smallest absolute Gasteiger partial charge is 0.338 e. The number of hydrogen-bond donors (Lipinski definition) is 0. The third kappa shape index (κ3) is 3.63. The Hall–Kier alpha value is -2.28. The fraction of sp³-hybridized carbons (Fsp3) is 0.412. The predicted octanol–water partition coefficient (Wildman–Crippen LogP) is 2.63. The number of rotatable bonds is 5. The molecule has 0 N–H and O–H groups in total. The van der Waals surface area contributed by atoms with E-state index in [9.17, 15) is 9.59 Å². The quantitative estimate of drug-likeness (QED) is 0.474. The van der Waals surface area contributed by atoms with E-state index in [1.165, 1.54) is 0 Å². The van der Waals surface area contributed by atoms with Crippen LogP contribution >= 0.6 is 0 Å². The van der Waals surface area contributed by atoms with Gasteiger partial charge in [-0.2, -0.15) is 0 Å². The number of esters is 1. The van der Waals surface area contributed by atoms with Gasteiger partial charge in [-0.05, 0) is 30.7 Å². The lowest BCUT2D eigenvalue weighted by molar-refractivity contribution is -0.117. The van der Waals surface area contributed by atoms with E-state index in [2.05, 4.69) is 5.92 Å². The number of hydrogen-bond acceptors (Lipinski definition) is 3. The van der Waals surface area contributed by atoms with Gasteiger partial charge < -0.3 is 9.64 Å². The van der Waals surface area contributed by atoms with Crippen molar-refractivity contribution in [2.75, 3.05) is 18.1 Å². The molecule has 1 heterocycles. The molecule has 0 saturated carbocycles. The Morgan fingerprint density at radius 1 is 1.43 bits per heavy atom. The fourth-order valence-corrected chi connectivity index (χ4v) is 2.24. The van der Waals surface area contributed by atoms with Gasteiger partial charge in [0, 0.05) is 24.6 Å². The Labute approximate surface area is 125 Å². The van der Waals surface area contributed by atoms with E-state index in [1.807, 2.05) is 6.92 Å². The number of carbonyl (C=O) groups excluding carboxylic acids is 2. The molecular weight excluding hydrogens is 266 g/mol. The van der Waals surface area contributed by atoms with Gasteiger partial charge in [0.05, 0.1) is 12.2 Å². The molecule has 0 bridgehead atoms. The molecule has 1 saturated heterocycles. The molecule has 110 valence electrons. The van der Waals surface area contributed by atoms with Crippen LogP contribution in [0.1, 0.15) is 36.5 Å². The lowest BCUT2D eigenvalue weighted by Gasteiger charge is -2.16. The minimum Gasteiger partial charge on any atom is -0.462 e. The maximum absolute atomic E-state index is 11.9. The van der Waals surface area contributed by atoms with Crippen molar-refractivity contribution >= 4 is 17.6 Å². The minimum absolute atomic E-state index is 0.0243. The SMILES string of the molecule is C#CC1CC(=O)N(c2ccc(C(=O)OCCCC)cc2)C1. The number of ether oxygens (including phenoxy) is 1. The number of nitrogens with zero attached hydrogens (tertiary/aromatic N) is 1. The van der Waals surface area contributed by atoms with Crippen molar-refractivity contribution in [3.8, 4) is 12.3 Å². The molecule has 1 aromatic carbocycles. The Bertz CT molecular complexity index is 556. The van der Waals surface area contributed by atoms with Crippen molar-refractivity contribution in [1.82, 2.24) is 0 Å². The molecule has 4 nitrogen and oxygen atoms in total. The maximum atomic E-state index is 11.9. The molecule has 1 aliphatic rings. The molecule has 2 rings (SSSR count). The van der Waals surface area contributed by atoms with Crippen molar-refractivity contribution < 1.29 is 14.3 Å². The number of amides is 1. The van der Waals surface area contributed by atoms with Crippen LogP contribution in [0.25, 0.3) is 0 Å². The minimum atomic E-state index is -0.329. The van der Waals surface area contributed by atoms with Crippen LogP contribution in [-0.4, -0.2) is 25.0 Å². The molecule has 4 heteroatoms. The molecule has 21 heavy (non-hydrogen) atoms. The van der Waals surface area contributed by atoms with Crippen LogP contribution in [-0.2, 0) is 9.53 Å². The van der Waals surface area contributed by atoms with Crippen LogP contribution in [0.3, 0.4) is 0 Å². The summed E-state index contributed by atoms with van der Waals surface area (Å²) in [5.74, 6) is 2.28. The van der Waals surface area contributed by atoms with Crippen LogP contribution in [0.5, 0.6) is 0 Å². The first kappa shape index (κ1) is 15.1. The van der Waals surface area contributed by atoms with Crippen molar-refractivity contribution in [1.29, 1.82) is 0 Å². The molecule has 1 atom stereocenters. The summed E-state index contributed by atoms with van der Waals surface area (Å²) in [5.41, 5.74) is 1.26. The van der Waals surface area contributed by atoms with Gasteiger partial charge in [-0.1, -0.05) is 13.3 Å². The summed E-state index contributed by atoms with van der Waals surface area (Å²) in [4.78, 5) is 25.3. The molecule has 0 aliphatic carbocycles. The number of benzene rings is 1. The summed E-state index contributed by atoms with van der Waals surface area (Å²) in [7, 11) is 0. The molecule has 1 aromatic rings. The van der Waals surface area contributed by atoms with Crippen molar-refractivity contribution in [3.05, 3.63) is 29.8 Å². The summed E-state index contributed by atoms with van der Waals surface area (Å²) < 4.78 is 5.14. The van der Waals surface area contributed by atoms with Crippen LogP contribution in [0.15, 0.2) is 24.3 Å². The van der Waals surface area contributed by atoms with Crippen molar-refractivity contribution in [3.63, 3.8) is 0 Å². The van der Waals surface area contributed by atoms with Gasteiger partial charge in [-0.25, -0.2) is 4.79 Å². The molecule has 1 amide bonds. The van der Waals surface area contributed by atoms with E-state index in [4.69, 9.17) is 11.2 Å². The van der Waals surface area contributed by atoms with Gasteiger partial charge in [-0.15, -0.1) is 12.3 Å². The average Bonchev–Trinajstić information content (AvgIpc) is 2.89. The zero-order chi connectivity index (χ0) is 15.2. The zero-order valence-corrected chi connectivity index (χ0v) is 12.2. The summed E-state index contributed by atoms with van der Waals surface area (Å²) in [6.07, 6.45) is 7.60. The zero-order valence-electron chi connectivity index (χ0n) is 12.2. The normalized spacial score (nSPS) is 17.6. The molecule has 1 unspecified atom stereocenters. The Morgan fingerprint density at radius 3 is 2.71 bits per heavy atom. The summed E-state index contributed by atoms with van der Waals surface area (Å²) in [6, 6.07) is 6.88. The topological polar surface area (TPSA) is 46.6 Å². The second-order valence-electron chi connectivity index (χ2n) is 5.11. The molecule has 0 radical (unpaired) electrons. The standard InChI is InChI=1S/C17H19NO3/c1-3-5-10-21-17(20)14-6-8-15(9-7-14)18-12-13(4-2)11-16(18)19/h2,6-9,13H,3,5,10-12H2,1H3. The maximum Gasteiger partial charge on any atom is 0.338 e. The third-order valence-corrected chi connectivity index (χ3v) is 3.51. The van der Waals surface area contributed by atoms with E-state index >= 15 is 0 Å². The second-order valence-corrected chi connectivity index (χ2v) is 5.11. The second kappa shape index (κ2) is 6.94. The van der Waals surface area contributed by atoms with Crippen LogP contribution < -0.4 is 4.90 Å². The lowest BCUT2D eigenvalue weighted by atomic mass is 10.1. The molecular formula is C17H19NO3. The average molecular weight is 285 g/mol. The number of terminal acetylenes is 1. The van der Waals surface area contributed by atoms with E-state index in [-0.39, 0.29) is 17.8 Å². The molecule has 1 fully saturated rings. The van der Waals surface area contributed by atoms with Gasteiger partial charge in [0.2, 0.25) is 5.91 Å². The van der Waals surface area contributed by atoms with E-state index in [1.54, 1.807) is 29.2 Å². The summed E-state index contributed by atoms with van der Waals surface area (Å²) in [6.45, 7) is 3.01. The first-order valence-electron chi connectivity index (χ1n) is 7.19. The molecule has 0 aromatic heterocycles. The summed E-state index contributed by atoms with van der Waals surface area (Å²) >= 11 is 0. The van der Waals surface area contributed by atoms with Gasteiger partial charge in [0.15, 0.2) is 0 Å². The third-order valence-electron chi connectivity index (χ3n) is 3.51. The number of anilines is 1. The van der Waals surface area contributed by atoms with Gasteiger partial charge in [-0.3, -0.25) is 4.79 Å². The van der Waals surface area contributed by atoms with Crippen LogP contribution in [0.4, 0.5) is 5.69 Å². The Morgan fingerprint density at radius 2 is 2.14 bits per heavy atom. The van der Waals surface area contributed by atoms with Crippen LogP contribution in [0.2, 0.25) is 0 Å². The first-order chi connectivity index (χ1) is 10.2. The lowest BCUT2D eigenvalue weighted by Crippen LogP contribution is -2.24.